The number of benzene rings is 1. The molecule has 112 valence electrons. The molecule has 0 aliphatic carbocycles. The van der Waals surface area contributed by atoms with Gasteiger partial charge in [0.15, 0.2) is 0 Å². The van der Waals surface area contributed by atoms with Crippen molar-refractivity contribution in [2.45, 2.75) is 4.90 Å². The average Bonchev–Trinajstić information content (AvgIpc) is 2.47. The van der Waals surface area contributed by atoms with E-state index in [0.717, 1.165) is 5.69 Å². The van der Waals surface area contributed by atoms with Crippen LogP contribution in [0.2, 0.25) is 0 Å². The molecule has 0 spiro atoms. The first-order chi connectivity index (χ1) is 9.94. The number of sulfonamides is 1. The highest BCUT2D eigenvalue weighted by atomic mass is 32.2. The molecular formula is C13H17N5O2S. The third-order valence-corrected chi connectivity index (χ3v) is 4.11. The maximum atomic E-state index is 12.3. The second kappa shape index (κ2) is 5.96. The minimum absolute atomic E-state index is 0.00931. The highest BCUT2D eigenvalue weighted by molar-refractivity contribution is 7.92. The number of hydrogen-bond donors (Lipinski definition) is 2. The van der Waals surface area contributed by atoms with Gasteiger partial charge >= 0.3 is 0 Å². The Morgan fingerprint density at radius 2 is 1.71 bits per heavy atom. The SMILES string of the molecule is CNc1ncc(S(=O)(=O)Nc2ccccc2N(C)C)cn1. The fourth-order valence-electron chi connectivity index (χ4n) is 1.74. The molecule has 2 rings (SSSR count). The first kappa shape index (κ1) is 15.0. The molecule has 0 atom stereocenters. The number of anilines is 3. The first-order valence-corrected chi connectivity index (χ1v) is 7.71. The number of nitrogens with zero attached hydrogens (tertiary/aromatic N) is 3. The van der Waals surface area contributed by atoms with Gasteiger partial charge in [-0.3, -0.25) is 4.72 Å². The predicted molar refractivity (Wildman–Crippen MR) is 83.2 cm³/mol. The highest BCUT2D eigenvalue weighted by Gasteiger charge is 2.17. The number of para-hydroxylation sites is 2. The smallest absolute Gasteiger partial charge is 0.265 e. The molecule has 0 aliphatic heterocycles. The van der Waals surface area contributed by atoms with Crippen molar-refractivity contribution in [1.82, 2.24) is 9.97 Å². The summed E-state index contributed by atoms with van der Waals surface area (Å²) in [5.74, 6) is 0.364. The lowest BCUT2D eigenvalue weighted by Crippen LogP contribution is -2.17. The van der Waals surface area contributed by atoms with Gasteiger partial charge in [-0.25, -0.2) is 18.4 Å². The van der Waals surface area contributed by atoms with Crippen LogP contribution >= 0.6 is 0 Å². The van der Waals surface area contributed by atoms with E-state index < -0.39 is 10.0 Å². The van der Waals surface area contributed by atoms with Crippen LogP contribution < -0.4 is 14.9 Å². The van der Waals surface area contributed by atoms with Gasteiger partial charge < -0.3 is 10.2 Å². The largest absolute Gasteiger partial charge is 0.376 e. The highest BCUT2D eigenvalue weighted by Crippen LogP contribution is 2.26. The maximum Gasteiger partial charge on any atom is 0.265 e. The van der Waals surface area contributed by atoms with Crippen molar-refractivity contribution in [3.63, 3.8) is 0 Å². The normalized spacial score (nSPS) is 11.0. The molecule has 2 aromatic rings. The van der Waals surface area contributed by atoms with E-state index in [-0.39, 0.29) is 4.90 Å². The molecule has 8 heteroatoms. The van der Waals surface area contributed by atoms with Crippen LogP contribution in [0.25, 0.3) is 0 Å². The molecule has 1 aromatic heterocycles. The quantitative estimate of drug-likeness (QED) is 0.868. The van der Waals surface area contributed by atoms with Crippen LogP contribution in [0.4, 0.5) is 17.3 Å². The zero-order chi connectivity index (χ0) is 15.5. The number of hydrogen-bond acceptors (Lipinski definition) is 6. The molecule has 1 aromatic carbocycles. The van der Waals surface area contributed by atoms with Gasteiger partial charge in [0.25, 0.3) is 10.0 Å². The summed E-state index contributed by atoms with van der Waals surface area (Å²) < 4.78 is 27.2. The van der Waals surface area contributed by atoms with E-state index in [1.54, 1.807) is 19.2 Å². The lowest BCUT2D eigenvalue weighted by molar-refractivity contribution is 0.600. The Morgan fingerprint density at radius 1 is 1.10 bits per heavy atom. The van der Waals surface area contributed by atoms with Crippen molar-refractivity contribution in [1.29, 1.82) is 0 Å². The van der Waals surface area contributed by atoms with Crippen LogP contribution in [0.3, 0.4) is 0 Å². The van der Waals surface area contributed by atoms with Gasteiger partial charge in [0.05, 0.1) is 23.8 Å². The summed E-state index contributed by atoms with van der Waals surface area (Å²) in [6, 6.07) is 7.15. The molecule has 0 saturated carbocycles. The third kappa shape index (κ3) is 3.40. The molecule has 1 heterocycles. The lowest BCUT2D eigenvalue weighted by atomic mass is 10.2. The van der Waals surface area contributed by atoms with E-state index in [2.05, 4.69) is 20.0 Å². The number of rotatable bonds is 5. The predicted octanol–water partition coefficient (Wildman–Crippen LogP) is 1.39. The van der Waals surface area contributed by atoms with Crippen molar-refractivity contribution in [3.05, 3.63) is 36.7 Å². The first-order valence-electron chi connectivity index (χ1n) is 6.23. The van der Waals surface area contributed by atoms with Gasteiger partial charge in [0, 0.05) is 21.1 Å². The fourth-order valence-corrected chi connectivity index (χ4v) is 2.70. The molecule has 7 nitrogen and oxygen atoms in total. The van der Waals surface area contributed by atoms with Crippen molar-refractivity contribution in [3.8, 4) is 0 Å². The second-order valence-electron chi connectivity index (χ2n) is 4.51. The van der Waals surface area contributed by atoms with Crippen molar-refractivity contribution in [2.24, 2.45) is 0 Å². The van der Waals surface area contributed by atoms with Gasteiger partial charge in [-0.05, 0) is 12.1 Å². The molecule has 0 aliphatic rings. The van der Waals surface area contributed by atoms with E-state index >= 15 is 0 Å². The molecule has 0 unspecified atom stereocenters. The van der Waals surface area contributed by atoms with Gasteiger partial charge in [-0.2, -0.15) is 0 Å². The standard InChI is InChI=1S/C13H17N5O2S/c1-14-13-15-8-10(9-16-13)21(19,20)17-11-6-4-5-7-12(11)18(2)3/h4-9,17H,1-3H3,(H,14,15,16). The molecule has 0 fully saturated rings. The van der Waals surface area contributed by atoms with E-state index in [1.807, 2.05) is 31.1 Å². The molecule has 0 radical (unpaired) electrons. The fraction of sp³-hybridized carbons (Fsp3) is 0.231. The Hall–Kier alpha value is -2.35. The summed E-state index contributed by atoms with van der Waals surface area (Å²) >= 11 is 0. The zero-order valence-electron chi connectivity index (χ0n) is 12.0. The minimum Gasteiger partial charge on any atom is -0.376 e. The van der Waals surface area contributed by atoms with Crippen LogP contribution in [0.15, 0.2) is 41.6 Å². The molecule has 2 N–H and O–H groups in total. The second-order valence-corrected chi connectivity index (χ2v) is 6.19. The van der Waals surface area contributed by atoms with Gasteiger partial charge in [-0.1, -0.05) is 12.1 Å². The number of nitrogens with one attached hydrogen (secondary N) is 2. The third-order valence-electron chi connectivity index (χ3n) is 2.79. The Labute approximate surface area is 124 Å². The van der Waals surface area contributed by atoms with Gasteiger partial charge in [0.1, 0.15) is 4.90 Å². The minimum atomic E-state index is -3.72. The van der Waals surface area contributed by atoms with Crippen molar-refractivity contribution in [2.75, 3.05) is 36.1 Å². The van der Waals surface area contributed by atoms with E-state index in [4.69, 9.17) is 0 Å². The van der Waals surface area contributed by atoms with Crippen LogP contribution in [-0.2, 0) is 10.0 Å². The number of aromatic nitrogens is 2. The van der Waals surface area contributed by atoms with Gasteiger partial charge in [-0.15, -0.1) is 0 Å². The average molecular weight is 307 g/mol. The molecule has 0 bridgehead atoms. The van der Waals surface area contributed by atoms with Crippen LogP contribution in [0.1, 0.15) is 0 Å². The molecule has 21 heavy (non-hydrogen) atoms. The topological polar surface area (TPSA) is 87.2 Å². The summed E-state index contributed by atoms with van der Waals surface area (Å²) in [5.41, 5.74) is 1.27. The van der Waals surface area contributed by atoms with Crippen LogP contribution in [0, 0.1) is 0 Å². The summed E-state index contributed by atoms with van der Waals surface area (Å²) in [5, 5.41) is 2.74. The van der Waals surface area contributed by atoms with Gasteiger partial charge in [0.2, 0.25) is 5.95 Å². The van der Waals surface area contributed by atoms with Crippen molar-refractivity contribution >= 4 is 27.3 Å². The summed E-state index contributed by atoms with van der Waals surface area (Å²) in [6.45, 7) is 0. The van der Waals surface area contributed by atoms with E-state index in [9.17, 15) is 8.42 Å². The summed E-state index contributed by atoms with van der Waals surface area (Å²) in [4.78, 5) is 9.66. The molecule has 0 saturated heterocycles. The van der Waals surface area contributed by atoms with Crippen LogP contribution in [-0.4, -0.2) is 39.5 Å². The Morgan fingerprint density at radius 3 is 2.29 bits per heavy atom. The lowest BCUT2D eigenvalue weighted by Gasteiger charge is -2.18. The van der Waals surface area contributed by atoms with Crippen molar-refractivity contribution < 1.29 is 8.42 Å². The maximum absolute atomic E-state index is 12.3. The van der Waals surface area contributed by atoms with E-state index in [1.165, 1.54) is 12.4 Å². The Balaban J connectivity index is 2.33. The van der Waals surface area contributed by atoms with Crippen LogP contribution in [0.5, 0.6) is 0 Å². The molecular weight excluding hydrogens is 290 g/mol. The molecule has 0 amide bonds. The Kier molecular flexibility index (Phi) is 4.27. The Bertz CT molecular complexity index is 714. The van der Waals surface area contributed by atoms with E-state index in [0.29, 0.717) is 11.6 Å². The zero-order valence-corrected chi connectivity index (χ0v) is 12.8. The summed E-state index contributed by atoms with van der Waals surface area (Å²) in [7, 11) is 1.63. The monoisotopic (exact) mass is 307 g/mol. The summed E-state index contributed by atoms with van der Waals surface area (Å²) in [6.07, 6.45) is 2.53.